The fourth-order valence-corrected chi connectivity index (χ4v) is 1.09. The number of hydrogen-bond acceptors (Lipinski definition) is 3. The van der Waals surface area contributed by atoms with Crippen LogP contribution in [0.3, 0.4) is 0 Å². The number of hydrogen-bond donors (Lipinski definition) is 2. The van der Waals surface area contributed by atoms with Crippen molar-refractivity contribution < 1.29 is 9.90 Å². The first-order valence-electron chi connectivity index (χ1n) is 4.26. The molecule has 3 N–H and O–H groups in total. The standard InChI is InChI=1S/C9H10N4O2/c10-8(9(14)15)5-6-1-3-7(4-2-6)12-13-11/h1-4,8H,5,10H2,(H,14,15)/i1+1,2+1,3+1,4+1,5+1,6+1,7+1,8+1,9+1,10+1. The Labute approximate surface area is 86.0 Å². The molecule has 1 aromatic carbocycles. The molecular weight excluding hydrogens is 206 g/mol. The number of carboxylic acids is 1. The average molecular weight is 216 g/mol. The van der Waals surface area contributed by atoms with E-state index in [-0.39, 0.29) is 6.42 Å². The molecule has 6 nitrogen and oxygen atoms in total. The van der Waals surface area contributed by atoms with Crippen molar-refractivity contribution in [2.45, 2.75) is 12.5 Å². The number of carbonyl (C=O) groups is 1. The molecule has 0 aliphatic heterocycles. The van der Waals surface area contributed by atoms with Gasteiger partial charge in [0.2, 0.25) is 0 Å². The monoisotopic (exact) mass is 216 g/mol. The minimum Gasteiger partial charge on any atom is -0.480 e. The van der Waals surface area contributed by atoms with Crippen molar-refractivity contribution in [2.24, 2.45) is 10.8 Å². The van der Waals surface area contributed by atoms with E-state index in [1.54, 1.807) is 24.3 Å². The first-order chi connectivity index (χ1) is 7.13. The fourth-order valence-electron chi connectivity index (χ4n) is 1.09. The molecule has 0 aliphatic carbocycles. The number of aliphatic carboxylic acids is 1. The molecular formula is C9H10N4O2. The van der Waals surface area contributed by atoms with Crippen molar-refractivity contribution in [3.8, 4) is 0 Å². The van der Waals surface area contributed by atoms with E-state index in [0.29, 0.717) is 5.69 Å². The molecule has 78 valence electrons. The fraction of sp³-hybridized carbons (Fsp3) is 0.222. The molecule has 0 radical (unpaired) electrons. The van der Waals surface area contributed by atoms with Crippen molar-refractivity contribution in [3.63, 3.8) is 0 Å². The Morgan fingerprint density at radius 3 is 2.60 bits per heavy atom. The lowest BCUT2D eigenvalue weighted by molar-refractivity contribution is -0.138. The summed E-state index contributed by atoms with van der Waals surface area (Å²) in [7, 11) is 0. The van der Waals surface area contributed by atoms with Crippen LogP contribution in [0.15, 0.2) is 29.4 Å². The van der Waals surface area contributed by atoms with Crippen molar-refractivity contribution in [3.05, 3.63) is 40.3 Å². The smallest absolute Gasteiger partial charge is 0.320 e. The second-order valence-corrected chi connectivity index (χ2v) is 3.00. The van der Waals surface area contributed by atoms with Crippen LogP contribution in [0.4, 0.5) is 5.69 Å². The van der Waals surface area contributed by atoms with Crippen LogP contribution in [0.1, 0.15) is 5.56 Å². The summed E-state index contributed by atoms with van der Waals surface area (Å²) >= 11 is 0. The maximum absolute atomic E-state index is 10.5. The third kappa shape index (κ3) is 3.30. The highest BCUT2D eigenvalue weighted by atomic mass is 16.5. The van der Waals surface area contributed by atoms with Crippen molar-refractivity contribution >= 4 is 11.7 Å². The maximum atomic E-state index is 10.5. The Morgan fingerprint density at radius 2 is 2.13 bits per heavy atom. The van der Waals surface area contributed by atoms with Crippen LogP contribution >= 0.6 is 0 Å². The molecule has 1 rings (SSSR count). The Hall–Kier alpha value is -2.04. The zero-order valence-electron chi connectivity index (χ0n) is 7.87. The SMILES string of the molecule is [N-]=[N+]=N[13c]1[13cH][13cH][13c]([13CH2][13CH]([15NH2])[13C](=O)O)[13cH][13cH]1. The predicted molar refractivity (Wildman–Crippen MR) is 54.6 cm³/mol. The van der Waals surface area contributed by atoms with Gasteiger partial charge in [0.05, 0.1) is 0 Å². The van der Waals surface area contributed by atoms with Crippen LogP contribution in [-0.2, 0) is 11.2 Å². The van der Waals surface area contributed by atoms with Gasteiger partial charge in [0, 0.05) is 10.6 Å². The number of nitrogens with two attached hydrogens (primary N) is 1. The summed E-state index contributed by atoms with van der Waals surface area (Å²) in [6, 6.07) is 5.70. The molecule has 0 saturated heterocycles. The summed E-state index contributed by atoms with van der Waals surface area (Å²) in [5, 5.41) is 12.0. The van der Waals surface area contributed by atoms with Crippen LogP contribution in [0.2, 0.25) is 0 Å². The molecule has 0 aliphatic rings. The molecule has 0 amide bonds. The average Bonchev–Trinajstić information content (AvgIpc) is 2.21. The largest absolute Gasteiger partial charge is 0.480 e. The molecule has 1 aromatic rings. The van der Waals surface area contributed by atoms with Gasteiger partial charge in [0.1, 0.15) is 6.04 Å². The first-order valence-corrected chi connectivity index (χ1v) is 4.26. The third-order valence-electron chi connectivity index (χ3n) is 1.87. The van der Waals surface area contributed by atoms with Gasteiger partial charge >= 0.3 is 5.97 Å². The van der Waals surface area contributed by atoms with E-state index in [0.717, 1.165) is 5.56 Å². The van der Waals surface area contributed by atoms with E-state index < -0.39 is 12.0 Å². The Balaban J connectivity index is 2.72. The lowest BCUT2D eigenvalue weighted by Gasteiger charge is -2.05. The van der Waals surface area contributed by atoms with Crippen molar-refractivity contribution in [1.29, 1.82) is 0 Å². The van der Waals surface area contributed by atoms with Gasteiger partial charge in [-0.2, -0.15) is 0 Å². The summed E-state index contributed by atoms with van der Waals surface area (Å²) in [6.07, 6.45) is 0.256. The van der Waals surface area contributed by atoms with Crippen LogP contribution < -0.4 is 5.73 Å². The van der Waals surface area contributed by atoms with Crippen LogP contribution in [0.5, 0.6) is 0 Å². The van der Waals surface area contributed by atoms with Gasteiger partial charge in [-0.3, -0.25) is 4.79 Å². The summed E-state index contributed by atoms with van der Waals surface area (Å²) in [6.45, 7) is 0. The lowest BCUT2D eigenvalue weighted by atomic mass is 11.1. The number of rotatable bonds is 4. The number of nitrogens with zero attached hydrogens (tertiary/aromatic N) is 3. The van der Waals surface area contributed by atoms with Crippen LogP contribution in [0.25, 0.3) is 10.4 Å². The Kier molecular flexibility index (Phi) is 3.68. The molecule has 0 saturated carbocycles. The van der Waals surface area contributed by atoms with Gasteiger partial charge in [-0.15, -0.1) is 0 Å². The van der Waals surface area contributed by atoms with E-state index in [1.807, 2.05) is 0 Å². The second kappa shape index (κ2) is 4.99. The highest BCUT2D eigenvalue weighted by molar-refractivity contribution is 5.73. The van der Waals surface area contributed by atoms with Gasteiger partial charge in [0.15, 0.2) is 0 Å². The minimum absolute atomic E-state index is 0.256. The number of azide groups is 1. The zero-order valence-corrected chi connectivity index (χ0v) is 7.87. The van der Waals surface area contributed by atoms with E-state index in [1.165, 1.54) is 0 Å². The number of benzene rings is 1. The highest BCUT2D eigenvalue weighted by Gasteiger charge is 2.11. The molecule has 6 heteroatoms. The molecule has 0 aromatic heterocycles. The maximum Gasteiger partial charge on any atom is 0.320 e. The van der Waals surface area contributed by atoms with E-state index in [2.05, 4.69) is 10.0 Å². The summed E-state index contributed by atoms with van der Waals surface area (Å²) < 4.78 is 0. The topological polar surface area (TPSA) is 112 Å². The van der Waals surface area contributed by atoms with Gasteiger partial charge in [0.25, 0.3) is 0 Å². The summed E-state index contributed by atoms with van der Waals surface area (Å²) in [5.74, 6) is -1.03. The predicted octanol–water partition coefficient (Wildman–Crippen LogP) is 1.58. The number of carboxylic acid groups (broad SMARTS) is 1. The minimum atomic E-state index is -1.03. The molecule has 0 bridgehead atoms. The normalized spacial score (nSPS) is 11.5. The summed E-state index contributed by atoms with van der Waals surface area (Å²) in [4.78, 5) is 13.1. The molecule has 1 unspecified atom stereocenters. The van der Waals surface area contributed by atoms with Gasteiger partial charge < -0.3 is 10.8 Å². The zero-order chi connectivity index (χ0) is 11.3. The van der Waals surface area contributed by atoms with Crippen LogP contribution in [-0.4, -0.2) is 17.1 Å². The lowest BCUT2D eigenvalue weighted by Crippen LogP contribution is -2.32. The quantitative estimate of drug-likeness (QED) is 0.262. The molecule has 15 heavy (non-hydrogen) atoms. The van der Waals surface area contributed by atoms with Crippen LogP contribution in [0, 0.1) is 0 Å². The highest BCUT2D eigenvalue weighted by Crippen LogP contribution is 2.13. The first kappa shape index (κ1) is 11.0. The van der Waals surface area contributed by atoms with E-state index in [9.17, 15) is 4.79 Å². The Bertz CT molecular complexity index is 395. The van der Waals surface area contributed by atoms with Gasteiger partial charge in [-0.1, -0.05) is 29.4 Å². The van der Waals surface area contributed by atoms with E-state index >= 15 is 0 Å². The molecule has 0 heterocycles. The second-order valence-electron chi connectivity index (χ2n) is 3.00. The van der Waals surface area contributed by atoms with E-state index in [4.69, 9.17) is 16.4 Å². The van der Waals surface area contributed by atoms with Crippen molar-refractivity contribution in [1.82, 2.24) is 0 Å². The molecule has 0 spiro atoms. The van der Waals surface area contributed by atoms with Gasteiger partial charge in [-0.05, 0) is 17.5 Å². The van der Waals surface area contributed by atoms with Crippen molar-refractivity contribution in [2.75, 3.05) is 0 Å². The molecule has 1 atom stereocenters. The summed E-state index contributed by atoms with van der Waals surface area (Å²) in [5.41, 5.74) is 14.8. The Morgan fingerprint density at radius 1 is 1.53 bits per heavy atom. The molecule has 0 fully saturated rings. The van der Waals surface area contributed by atoms with Gasteiger partial charge in [-0.25, -0.2) is 0 Å². The third-order valence-corrected chi connectivity index (χ3v) is 1.87.